The third-order valence-electron chi connectivity index (χ3n) is 4.53. The Hall–Kier alpha value is -2.29. The number of rotatable bonds is 1. The van der Waals surface area contributed by atoms with Gasteiger partial charge in [-0.25, -0.2) is 0 Å². The molecule has 2 aliphatic rings. The van der Waals surface area contributed by atoms with Crippen molar-refractivity contribution in [1.82, 2.24) is 0 Å². The summed E-state index contributed by atoms with van der Waals surface area (Å²) in [4.78, 5) is 2.30. The van der Waals surface area contributed by atoms with Crippen molar-refractivity contribution in [2.75, 3.05) is 4.90 Å². The Bertz CT molecular complexity index is 893. The zero-order valence-corrected chi connectivity index (χ0v) is 13.1. The van der Waals surface area contributed by atoms with Gasteiger partial charge in [-0.3, -0.25) is 0 Å². The number of epoxide rings is 1. The summed E-state index contributed by atoms with van der Waals surface area (Å²) in [5, 5.41) is 0.747. The number of hydrogen-bond donors (Lipinski definition) is 0. The maximum atomic E-state index is 6.24. The van der Waals surface area contributed by atoms with E-state index in [1.807, 2.05) is 18.2 Å². The summed E-state index contributed by atoms with van der Waals surface area (Å²) in [5.41, 5.74) is 5.84. The van der Waals surface area contributed by atoms with Crippen molar-refractivity contribution in [3.05, 3.63) is 88.9 Å². The minimum Gasteiger partial charge on any atom is -0.359 e. The van der Waals surface area contributed by atoms with E-state index in [-0.39, 0.29) is 12.2 Å². The summed E-state index contributed by atoms with van der Waals surface area (Å²) >= 11 is 6.24. The van der Waals surface area contributed by atoms with Crippen molar-refractivity contribution >= 4 is 28.7 Å². The lowest BCUT2D eigenvalue weighted by molar-refractivity contribution is 0.377. The van der Waals surface area contributed by atoms with Crippen LogP contribution in [0.5, 0.6) is 0 Å². The molecule has 0 bridgehead atoms. The molecule has 2 nitrogen and oxygen atoms in total. The second-order valence-electron chi connectivity index (χ2n) is 5.91. The number of para-hydroxylation sites is 2. The van der Waals surface area contributed by atoms with Gasteiger partial charge in [-0.05, 0) is 36.4 Å². The molecule has 112 valence electrons. The van der Waals surface area contributed by atoms with Gasteiger partial charge in [0.1, 0.15) is 12.2 Å². The summed E-state index contributed by atoms with van der Waals surface area (Å²) < 4.78 is 5.96. The molecule has 0 radical (unpaired) electrons. The van der Waals surface area contributed by atoms with Gasteiger partial charge >= 0.3 is 0 Å². The predicted octanol–water partition coefficient (Wildman–Crippen LogP) is 5.94. The molecule has 0 aromatic heterocycles. The molecular formula is C20H14ClNO. The van der Waals surface area contributed by atoms with E-state index in [0.29, 0.717) is 0 Å². The van der Waals surface area contributed by atoms with Crippen molar-refractivity contribution in [2.45, 2.75) is 12.2 Å². The van der Waals surface area contributed by atoms with Crippen LogP contribution in [0.2, 0.25) is 5.02 Å². The summed E-state index contributed by atoms with van der Waals surface area (Å²) in [6.45, 7) is 0. The van der Waals surface area contributed by atoms with Crippen LogP contribution in [0.25, 0.3) is 0 Å². The Morgan fingerprint density at radius 1 is 0.739 bits per heavy atom. The Morgan fingerprint density at radius 2 is 1.43 bits per heavy atom. The highest BCUT2D eigenvalue weighted by atomic mass is 35.5. The number of nitrogens with zero attached hydrogens (tertiary/aromatic N) is 1. The van der Waals surface area contributed by atoms with Gasteiger partial charge < -0.3 is 9.64 Å². The van der Waals surface area contributed by atoms with Gasteiger partial charge in [0.2, 0.25) is 0 Å². The monoisotopic (exact) mass is 319 g/mol. The molecule has 3 heteroatoms. The normalized spacial score (nSPS) is 21.0. The molecule has 23 heavy (non-hydrogen) atoms. The van der Waals surface area contributed by atoms with Crippen LogP contribution in [-0.2, 0) is 4.74 Å². The smallest absolute Gasteiger partial charge is 0.116 e. The molecular weight excluding hydrogens is 306 g/mol. The third-order valence-corrected chi connectivity index (χ3v) is 4.76. The number of anilines is 3. The maximum Gasteiger partial charge on any atom is 0.116 e. The fraction of sp³-hybridized carbons (Fsp3) is 0.100. The van der Waals surface area contributed by atoms with E-state index in [1.165, 1.54) is 11.3 Å². The molecule has 1 fully saturated rings. The molecule has 1 saturated heterocycles. The fourth-order valence-corrected chi connectivity index (χ4v) is 3.64. The molecule has 3 aromatic carbocycles. The van der Waals surface area contributed by atoms with Crippen molar-refractivity contribution < 1.29 is 4.74 Å². The molecule has 5 rings (SSSR count). The van der Waals surface area contributed by atoms with Gasteiger partial charge in [-0.1, -0.05) is 48.0 Å². The molecule has 2 unspecified atom stereocenters. The van der Waals surface area contributed by atoms with E-state index < -0.39 is 0 Å². The summed E-state index contributed by atoms with van der Waals surface area (Å²) in [5.74, 6) is 0. The van der Waals surface area contributed by atoms with Gasteiger partial charge in [0.15, 0.2) is 0 Å². The molecule has 2 aliphatic heterocycles. The van der Waals surface area contributed by atoms with Crippen molar-refractivity contribution in [1.29, 1.82) is 0 Å². The minimum absolute atomic E-state index is 0.0959. The highest BCUT2D eigenvalue weighted by Gasteiger charge is 2.47. The Kier molecular flexibility index (Phi) is 2.78. The lowest BCUT2D eigenvalue weighted by Crippen LogP contribution is -2.12. The van der Waals surface area contributed by atoms with Crippen LogP contribution in [0.4, 0.5) is 17.1 Å². The molecule has 2 atom stereocenters. The molecule has 0 saturated carbocycles. The average Bonchev–Trinajstić information content (AvgIpc) is 3.38. The van der Waals surface area contributed by atoms with E-state index in [9.17, 15) is 0 Å². The Morgan fingerprint density at radius 3 is 2.30 bits per heavy atom. The van der Waals surface area contributed by atoms with Gasteiger partial charge in [0, 0.05) is 21.8 Å². The van der Waals surface area contributed by atoms with Gasteiger partial charge in [-0.2, -0.15) is 0 Å². The molecule has 0 aliphatic carbocycles. The van der Waals surface area contributed by atoms with E-state index in [0.717, 1.165) is 22.0 Å². The van der Waals surface area contributed by atoms with Crippen LogP contribution in [0.1, 0.15) is 23.3 Å². The summed E-state index contributed by atoms with van der Waals surface area (Å²) in [7, 11) is 0. The molecule has 2 heterocycles. The van der Waals surface area contributed by atoms with Gasteiger partial charge in [0.25, 0.3) is 0 Å². The predicted molar refractivity (Wildman–Crippen MR) is 92.7 cm³/mol. The SMILES string of the molecule is Clc1ccc2c(c1)C1OC1c1ccccc1N2c1ccccc1. The topological polar surface area (TPSA) is 15.8 Å². The number of fused-ring (bicyclic) bond motifs is 5. The second-order valence-corrected chi connectivity index (χ2v) is 6.35. The second kappa shape index (κ2) is 4.85. The van der Waals surface area contributed by atoms with Crippen LogP contribution in [-0.4, -0.2) is 0 Å². The first kappa shape index (κ1) is 13.2. The summed E-state index contributed by atoms with van der Waals surface area (Å²) in [6.07, 6.45) is 0.218. The standard InChI is InChI=1S/C20H14ClNO/c21-13-10-11-18-16(12-13)20-19(23-20)15-8-4-5-9-17(15)22(18)14-6-2-1-3-7-14/h1-12,19-20H. The lowest BCUT2D eigenvalue weighted by Gasteiger charge is -2.27. The van der Waals surface area contributed by atoms with Crippen molar-refractivity contribution in [3.8, 4) is 0 Å². The van der Waals surface area contributed by atoms with Crippen LogP contribution in [0, 0.1) is 0 Å². The van der Waals surface area contributed by atoms with Gasteiger partial charge in [0.05, 0.1) is 11.4 Å². The van der Waals surface area contributed by atoms with E-state index in [2.05, 4.69) is 59.5 Å². The molecule has 0 spiro atoms. The number of ether oxygens (including phenoxy) is 1. The first-order chi connectivity index (χ1) is 11.3. The molecule has 0 N–H and O–H groups in total. The van der Waals surface area contributed by atoms with E-state index in [1.54, 1.807) is 0 Å². The largest absolute Gasteiger partial charge is 0.359 e. The van der Waals surface area contributed by atoms with Crippen LogP contribution in [0.3, 0.4) is 0 Å². The van der Waals surface area contributed by atoms with Crippen LogP contribution in [0.15, 0.2) is 72.8 Å². The maximum absolute atomic E-state index is 6.24. The molecule has 3 aromatic rings. The van der Waals surface area contributed by atoms with E-state index >= 15 is 0 Å². The Labute approximate surface area is 139 Å². The van der Waals surface area contributed by atoms with Crippen LogP contribution < -0.4 is 4.90 Å². The first-order valence-electron chi connectivity index (χ1n) is 7.72. The Balaban J connectivity index is 1.82. The van der Waals surface area contributed by atoms with Crippen molar-refractivity contribution in [2.24, 2.45) is 0 Å². The fourth-order valence-electron chi connectivity index (χ4n) is 3.46. The minimum atomic E-state index is 0.0959. The third kappa shape index (κ3) is 1.99. The highest BCUT2D eigenvalue weighted by molar-refractivity contribution is 6.30. The quantitative estimate of drug-likeness (QED) is 0.516. The highest BCUT2D eigenvalue weighted by Crippen LogP contribution is 2.60. The number of hydrogen-bond acceptors (Lipinski definition) is 2. The number of benzene rings is 3. The average molecular weight is 320 g/mol. The first-order valence-corrected chi connectivity index (χ1v) is 8.10. The summed E-state index contributed by atoms with van der Waals surface area (Å²) in [6, 6.07) is 25.0. The lowest BCUT2D eigenvalue weighted by atomic mass is 10.0. The van der Waals surface area contributed by atoms with Crippen molar-refractivity contribution in [3.63, 3.8) is 0 Å². The van der Waals surface area contributed by atoms with Crippen LogP contribution >= 0.6 is 11.6 Å². The zero-order chi connectivity index (χ0) is 15.4. The zero-order valence-electron chi connectivity index (χ0n) is 12.3. The number of halogens is 1. The molecule has 0 amide bonds. The van der Waals surface area contributed by atoms with Gasteiger partial charge in [-0.15, -0.1) is 0 Å². The van der Waals surface area contributed by atoms with E-state index in [4.69, 9.17) is 16.3 Å².